The van der Waals surface area contributed by atoms with E-state index >= 15 is 0 Å². The van der Waals surface area contributed by atoms with E-state index in [1.165, 1.54) is 18.2 Å². The summed E-state index contributed by atoms with van der Waals surface area (Å²) in [6.07, 6.45) is 0.961. The van der Waals surface area contributed by atoms with Gasteiger partial charge in [-0.1, -0.05) is 6.07 Å². The number of nitrogens with one attached hydrogen (secondary N) is 1. The van der Waals surface area contributed by atoms with Crippen molar-refractivity contribution in [3.63, 3.8) is 0 Å². The van der Waals surface area contributed by atoms with Crippen molar-refractivity contribution in [1.82, 2.24) is 10.2 Å². The molecule has 0 saturated carbocycles. The fourth-order valence-electron chi connectivity index (χ4n) is 1.43. The summed E-state index contributed by atoms with van der Waals surface area (Å²) in [6.45, 7) is 1.96. The first-order valence-corrected chi connectivity index (χ1v) is 5.39. The molecule has 0 spiro atoms. The van der Waals surface area contributed by atoms with Crippen LogP contribution in [0.25, 0.3) is 0 Å². The van der Waals surface area contributed by atoms with Crippen LogP contribution in [0.2, 0.25) is 0 Å². The lowest BCUT2D eigenvalue weighted by Gasteiger charge is -2.10. The molecule has 0 atom stereocenters. The van der Waals surface area contributed by atoms with E-state index in [9.17, 15) is 8.78 Å². The quantitative estimate of drug-likeness (QED) is 0.749. The number of hydrogen-bond acceptors (Lipinski definition) is 2. The van der Waals surface area contributed by atoms with Crippen LogP contribution in [-0.4, -0.2) is 32.1 Å². The zero-order chi connectivity index (χ0) is 12.0. The van der Waals surface area contributed by atoms with Crippen LogP contribution in [0.15, 0.2) is 18.2 Å². The first-order chi connectivity index (χ1) is 7.61. The molecule has 0 heterocycles. The van der Waals surface area contributed by atoms with E-state index in [0.717, 1.165) is 19.5 Å². The Morgan fingerprint density at radius 1 is 1.19 bits per heavy atom. The Morgan fingerprint density at radius 3 is 2.38 bits per heavy atom. The Hall–Kier alpha value is -1.00. The third-order valence-electron chi connectivity index (χ3n) is 2.32. The molecule has 0 aliphatic carbocycles. The van der Waals surface area contributed by atoms with Gasteiger partial charge in [0.2, 0.25) is 0 Å². The van der Waals surface area contributed by atoms with Crippen LogP contribution in [0.5, 0.6) is 0 Å². The van der Waals surface area contributed by atoms with Crippen molar-refractivity contribution in [2.45, 2.75) is 13.0 Å². The second kappa shape index (κ2) is 6.55. The lowest BCUT2D eigenvalue weighted by Crippen LogP contribution is -2.21. The molecule has 1 rings (SSSR count). The molecule has 0 bridgehead atoms. The Balaban J connectivity index is 2.32. The standard InChI is InChI=1S/C12H18F2N2/c1-16(2)8-4-7-15-9-10-11(13)5-3-6-12(10)14/h3,5-6,15H,4,7-9H2,1-2H3. The smallest absolute Gasteiger partial charge is 0.130 e. The van der Waals surface area contributed by atoms with Crippen molar-refractivity contribution in [1.29, 1.82) is 0 Å². The molecule has 1 aromatic rings. The highest BCUT2D eigenvalue weighted by molar-refractivity contribution is 5.19. The highest BCUT2D eigenvalue weighted by atomic mass is 19.1. The van der Waals surface area contributed by atoms with Crippen LogP contribution < -0.4 is 5.32 Å². The third-order valence-corrected chi connectivity index (χ3v) is 2.32. The number of halogens is 2. The van der Waals surface area contributed by atoms with Crippen molar-refractivity contribution in [2.75, 3.05) is 27.2 Å². The van der Waals surface area contributed by atoms with Crippen LogP contribution in [0.1, 0.15) is 12.0 Å². The fraction of sp³-hybridized carbons (Fsp3) is 0.500. The monoisotopic (exact) mass is 228 g/mol. The predicted octanol–water partition coefficient (Wildman–Crippen LogP) is 2.01. The number of nitrogens with zero attached hydrogens (tertiary/aromatic N) is 1. The summed E-state index contributed by atoms with van der Waals surface area (Å²) in [5.74, 6) is -0.972. The first kappa shape index (κ1) is 13.1. The van der Waals surface area contributed by atoms with E-state index < -0.39 is 11.6 Å². The van der Waals surface area contributed by atoms with Gasteiger partial charge in [0.1, 0.15) is 11.6 Å². The third kappa shape index (κ3) is 4.24. The highest BCUT2D eigenvalue weighted by Gasteiger charge is 2.06. The Morgan fingerprint density at radius 2 is 1.81 bits per heavy atom. The van der Waals surface area contributed by atoms with Crippen LogP contribution in [-0.2, 0) is 6.54 Å². The normalized spacial score (nSPS) is 11.1. The summed E-state index contributed by atoms with van der Waals surface area (Å²) in [4.78, 5) is 2.07. The second-order valence-corrected chi connectivity index (χ2v) is 4.03. The molecule has 0 aliphatic heterocycles. The molecule has 90 valence electrons. The van der Waals surface area contributed by atoms with E-state index in [1.54, 1.807) is 0 Å². The van der Waals surface area contributed by atoms with Crippen molar-refractivity contribution in [2.24, 2.45) is 0 Å². The lowest BCUT2D eigenvalue weighted by molar-refractivity contribution is 0.393. The Labute approximate surface area is 95.3 Å². The summed E-state index contributed by atoms with van der Waals surface area (Å²) < 4.78 is 26.4. The fourth-order valence-corrected chi connectivity index (χ4v) is 1.43. The molecular weight excluding hydrogens is 210 g/mol. The van der Waals surface area contributed by atoms with Crippen molar-refractivity contribution < 1.29 is 8.78 Å². The SMILES string of the molecule is CN(C)CCCNCc1c(F)cccc1F. The molecule has 0 saturated heterocycles. The number of benzene rings is 1. The van der Waals surface area contributed by atoms with Gasteiger partial charge in [0.25, 0.3) is 0 Å². The number of rotatable bonds is 6. The van der Waals surface area contributed by atoms with Crippen LogP contribution >= 0.6 is 0 Å². The van der Waals surface area contributed by atoms with Crippen molar-refractivity contribution >= 4 is 0 Å². The summed E-state index contributed by atoms with van der Waals surface area (Å²) in [7, 11) is 3.99. The Bertz CT molecular complexity index is 307. The van der Waals surface area contributed by atoms with Gasteiger partial charge in [-0.05, 0) is 45.7 Å². The molecular formula is C12H18F2N2. The van der Waals surface area contributed by atoms with E-state index in [1.807, 2.05) is 14.1 Å². The molecule has 0 radical (unpaired) electrons. The maximum absolute atomic E-state index is 13.2. The highest BCUT2D eigenvalue weighted by Crippen LogP contribution is 2.11. The predicted molar refractivity (Wildman–Crippen MR) is 61.2 cm³/mol. The summed E-state index contributed by atoms with van der Waals surface area (Å²) >= 11 is 0. The maximum Gasteiger partial charge on any atom is 0.130 e. The van der Waals surface area contributed by atoms with Gasteiger partial charge in [0.05, 0.1) is 0 Å². The van der Waals surface area contributed by atoms with Crippen molar-refractivity contribution in [3.05, 3.63) is 35.4 Å². The van der Waals surface area contributed by atoms with Gasteiger partial charge in [0, 0.05) is 12.1 Å². The molecule has 16 heavy (non-hydrogen) atoms. The van der Waals surface area contributed by atoms with Crippen LogP contribution in [0, 0.1) is 11.6 Å². The molecule has 1 N–H and O–H groups in total. The van der Waals surface area contributed by atoms with Gasteiger partial charge in [-0.2, -0.15) is 0 Å². The molecule has 0 amide bonds. The molecule has 4 heteroatoms. The van der Waals surface area contributed by atoms with Gasteiger partial charge in [-0.3, -0.25) is 0 Å². The lowest BCUT2D eigenvalue weighted by atomic mass is 10.2. The average molecular weight is 228 g/mol. The second-order valence-electron chi connectivity index (χ2n) is 4.03. The minimum atomic E-state index is -0.486. The average Bonchev–Trinajstić information content (AvgIpc) is 2.21. The minimum Gasteiger partial charge on any atom is -0.312 e. The van der Waals surface area contributed by atoms with E-state index in [0.29, 0.717) is 0 Å². The molecule has 0 fully saturated rings. The summed E-state index contributed by atoms with van der Waals surface area (Å²) in [6, 6.07) is 3.93. The largest absolute Gasteiger partial charge is 0.312 e. The zero-order valence-corrected chi connectivity index (χ0v) is 9.76. The molecule has 0 aliphatic rings. The van der Waals surface area contributed by atoms with E-state index in [-0.39, 0.29) is 12.1 Å². The van der Waals surface area contributed by atoms with Gasteiger partial charge in [0.15, 0.2) is 0 Å². The summed E-state index contributed by atoms with van der Waals surface area (Å²) in [5, 5.41) is 3.03. The zero-order valence-electron chi connectivity index (χ0n) is 9.76. The van der Waals surface area contributed by atoms with Gasteiger partial charge in [-0.15, -0.1) is 0 Å². The van der Waals surface area contributed by atoms with E-state index in [2.05, 4.69) is 10.2 Å². The molecule has 2 nitrogen and oxygen atoms in total. The van der Waals surface area contributed by atoms with Crippen LogP contribution in [0.4, 0.5) is 8.78 Å². The molecule has 1 aromatic carbocycles. The van der Waals surface area contributed by atoms with Gasteiger partial charge < -0.3 is 10.2 Å². The Kier molecular flexibility index (Phi) is 5.35. The van der Waals surface area contributed by atoms with Gasteiger partial charge in [-0.25, -0.2) is 8.78 Å². The molecule has 0 unspecified atom stereocenters. The minimum absolute atomic E-state index is 0.118. The van der Waals surface area contributed by atoms with Crippen LogP contribution in [0.3, 0.4) is 0 Å². The number of hydrogen-bond donors (Lipinski definition) is 1. The maximum atomic E-state index is 13.2. The van der Waals surface area contributed by atoms with Gasteiger partial charge >= 0.3 is 0 Å². The summed E-state index contributed by atoms with van der Waals surface area (Å²) in [5.41, 5.74) is 0.118. The topological polar surface area (TPSA) is 15.3 Å². The first-order valence-electron chi connectivity index (χ1n) is 5.39. The van der Waals surface area contributed by atoms with Crippen molar-refractivity contribution in [3.8, 4) is 0 Å². The van der Waals surface area contributed by atoms with E-state index in [4.69, 9.17) is 0 Å². The molecule has 0 aromatic heterocycles.